The topological polar surface area (TPSA) is 0 Å². The summed E-state index contributed by atoms with van der Waals surface area (Å²) in [5.41, 5.74) is 0. The number of benzene rings is 1. The molecule has 0 fully saturated rings. The van der Waals surface area contributed by atoms with E-state index in [4.69, 9.17) is 0 Å². The van der Waals surface area contributed by atoms with E-state index in [2.05, 4.69) is 75.5 Å². The Hall–Kier alpha value is 0.778. The van der Waals surface area contributed by atoms with Crippen LogP contribution in [0.2, 0.25) is 47.6 Å². The molecule has 0 bridgehead atoms. The van der Waals surface area contributed by atoms with Crippen molar-refractivity contribution >= 4 is 44.9 Å². The van der Waals surface area contributed by atoms with Gasteiger partial charge in [-0.25, -0.2) is 0 Å². The van der Waals surface area contributed by atoms with Gasteiger partial charge < -0.3 is 0 Å². The molecule has 1 atom stereocenters. The molecule has 0 amide bonds. The molecule has 0 aliphatic carbocycles. The fraction of sp³-hybridized carbons (Fsp3) is 0.600. The third kappa shape index (κ3) is 3.89. The van der Waals surface area contributed by atoms with E-state index in [-0.39, 0.29) is 0 Å². The fourth-order valence-corrected chi connectivity index (χ4v) is 88.8. The molecule has 0 spiro atoms. The summed E-state index contributed by atoms with van der Waals surface area (Å²) in [4.78, 5) is 7.98. The van der Waals surface area contributed by atoms with E-state index in [1.54, 1.807) is 5.19 Å². The van der Waals surface area contributed by atoms with E-state index in [9.17, 15) is 0 Å². The fourth-order valence-electron chi connectivity index (χ4n) is 4.50. The van der Waals surface area contributed by atoms with Crippen molar-refractivity contribution in [2.24, 2.45) is 0 Å². The van der Waals surface area contributed by atoms with Crippen LogP contribution in [0.3, 0.4) is 0 Å². The van der Waals surface area contributed by atoms with Gasteiger partial charge in [-0.1, -0.05) is 0 Å². The van der Waals surface area contributed by atoms with Gasteiger partial charge >= 0.3 is 123 Å². The van der Waals surface area contributed by atoms with E-state index in [1.165, 1.54) is 0 Å². The first-order valence-electron chi connectivity index (χ1n) is 7.03. The number of hydrogen-bond acceptors (Lipinski definition) is 0. The van der Waals surface area contributed by atoms with Crippen molar-refractivity contribution < 1.29 is 0 Å². The van der Waals surface area contributed by atoms with Gasteiger partial charge in [-0.05, 0) is 0 Å². The summed E-state index contributed by atoms with van der Waals surface area (Å²) in [7, 11) is -1.30. The average molecular weight is 430 g/mol. The van der Waals surface area contributed by atoms with Gasteiger partial charge in [-0.2, -0.15) is 0 Å². The van der Waals surface area contributed by atoms with Crippen LogP contribution in [0, 0.1) is 0 Å². The number of hydrogen-bond donors (Lipinski definition) is 0. The standard InChI is InChI=1S/C12H21GeSi.3CH3.Sn/c1-13(2,3)11-14(4,5)12-9-7-6-8-10-12;;;;/h6-11H,1-5H3;3*1H3;. The van der Waals surface area contributed by atoms with Crippen LogP contribution < -0.4 is 5.19 Å². The molecule has 0 aliphatic rings. The second kappa shape index (κ2) is 5.64. The normalized spacial score (nSPS) is 15.6. The van der Waals surface area contributed by atoms with Crippen molar-refractivity contribution in [3.05, 3.63) is 30.3 Å². The van der Waals surface area contributed by atoms with E-state index < -0.39 is 39.7 Å². The predicted molar refractivity (Wildman–Crippen MR) is 94.0 cm³/mol. The third-order valence-electron chi connectivity index (χ3n) is 3.97. The van der Waals surface area contributed by atoms with Crippen molar-refractivity contribution in [2.75, 3.05) is 0 Å². The summed E-state index contributed by atoms with van der Waals surface area (Å²) in [5, 5.41) is 1.68. The first-order valence-corrected chi connectivity index (χ1v) is 27.8. The first-order chi connectivity index (χ1) is 7.97. The van der Waals surface area contributed by atoms with E-state index in [0.29, 0.717) is 0 Å². The second-order valence-electron chi connectivity index (χ2n) is 8.25. The van der Waals surface area contributed by atoms with Crippen LogP contribution >= 0.6 is 0 Å². The SMILES string of the molecule is C[Si](C)(c1ccccc1)[CH]([Ge]([CH3])([CH3])[CH3])[Sn]([CH3])([CH3])[CH3]. The summed E-state index contributed by atoms with van der Waals surface area (Å²) in [6, 6.07) is 11.4. The summed E-state index contributed by atoms with van der Waals surface area (Å²) >= 11 is -3.50. The van der Waals surface area contributed by atoms with Gasteiger partial charge in [0.25, 0.3) is 0 Å². The monoisotopic (exact) mass is 432 g/mol. The molecule has 0 aromatic heterocycles. The number of rotatable bonds is 4. The maximum atomic E-state index is 2.66. The molecule has 0 radical (unpaired) electrons. The average Bonchev–Trinajstić information content (AvgIpc) is 2.13. The van der Waals surface area contributed by atoms with E-state index in [1.807, 2.05) is 0 Å². The van der Waals surface area contributed by atoms with Gasteiger partial charge in [0.05, 0.1) is 0 Å². The van der Waals surface area contributed by atoms with Crippen molar-refractivity contribution in [1.29, 1.82) is 0 Å². The Morgan fingerprint density at radius 1 is 0.944 bits per heavy atom. The van der Waals surface area contributed by atoms with Crippen LogP contribution in [0.25, 0.3) is 0 Å². The third-order valence-corrected chi connectivity index (χ3v) is 61.9. The van der Waals surface area contributed by atoms with Crippen LogP contribution in [0.4, 0.5) is 0 Å². The summed E-state index contributed by atoms with van der Waals surface area (Å²) < 4.78 is 1.15. The van der Waals surface area contributed by atoms with Crippen LogP contribution in [-0.2, 0) is 0 Å². The van der Waals surface area contributed by atoms with Crippen LogP contribution in [-0.4, -0.2) is 39.7 Å². The Labute approximate surface area is 122 Å². The van der Waals surface area contributed by atoms with Crippen molar-refractivity contribution in [2.45, 2.75) is 47.6 Å². The zero-order chi connectivity index (χ0) is 14.2. The molecule has 0 saturated heterocycles. The van der Waals surface area contributed by atoms with Crippen molar-refractivity contribution in [3.8, 4) is 0 Å². The van der Waals surface area contributed by atoms with E-state index >= 15 is 0 Å². The van der Waals surface area contributed by atoms with Crippen molar-refractivity contribution in [1.82, 2.24) is 0 Å². The molecular weight excluding hydrogens is 400 g/mol. The molecule has 102 valence electrons. The second-order valence-corrected chi connectivity index (χ2v) is 45.5. The van der Waals surface area contributed by atoms with Gasteiger partial charge in [-0.3, -0.25) is 0 Å². The predicted octanol–water partition coefficient (Wildman–Crippen LogP) is 4.73. The molecule has 0 heterocycles. The Balaban J connectivity index is 3.30. The Bertz CT molecular complexity index is 373. The molecule has 1 unspecified atom stereocenters. The van der Waals surface area contributed by atoms with Gasteiger partial charge in [0.1, 0.15) is 0 Å². The molecule has 1 rings (SSSR count). The van der Waals surface area contributed by atoms with Crippen LogP contribution in [0.5, 0.6) is 0 Å². The molecule has 18 heavy (non-hydrogen) atoms. The Kier molecular flexibility index (Phi) is 5.28. The van der Waals surface area contributed by atoms with Crippen LogP contribution in [0.15, 0.2) is 30.3 Å². The molecule has 0 saturated carbocycles. The molecular formula is C15H30GeSiSn. The zero-order valence-electron chi connectivity index (χ0n) is 13.5. The van der Waals surface area contributed by atoms with Gasteiger partial charge in [0.15, 0.2) is 0 Å². The minimum atomic E-state index is -1.88. The Morgan fingerprint density at radius 2 is 1.39 bits per heavy atom. The van der Waals surface area contributed by atoms with Gasteiger partial charge in [0.2, 0.25) is 0 Å². The minimum absolute atomic E-state index is 1.15. The quantitative estimate of drug-likeness (QED) is 0.607. The molecule has 1 aromatic carbocycles. The summed E-state index contributed by atoms with van der Waals surface area (Å²) in [5.74, 6) is 7.93. The Morgan fingerprint density at radius 3 is 1.72 bits per heavy atom. The van der Waals surface area contributed by atoms with Gasteiger partial charge in [0, 0.05) is 0 Å². The first kappa shape index (κ1) is 16.8. The molecule has 1 aromatic rings. The molecule has 0 N–H and O–H groups in total. The zero-order valence-corrected chi connectivity index (χ0v) is 19.4. The van der Waals surface area contributed by atoms with Gasteiger partial charge in [-0.15, -0.1) is 0 Å². The summed E-state index contributed by atoms with van der Waals surface area (Å²) in [6.07, 6.45) is 0. The molecule has 3 heteroatoms. The molecule has 0 nitrogen and oxygen atoms in total. The van der Waals surface area contributed by atoms with Crippen LogP contribution in [0.1, 0.15) is 0 Å². The summed E-state index contributed by atoms with van der Waals surface area (Å²) in [6.45, 7) is 5.26. The van der Waals surface area contributed by atoms with E-state index in [0.717, 1.165) is 2.39 Å². The molecule has 0 aliphatic heterocycles. The maximum absolute atomic E-state index is 2.66. The van der Waals surface area contributed by atoms with Crippen molar-refractivity contribution in [3.63, 3.8) is 0 Å².